The van der Waals surface area contributed by atoms with Gasteiger partial charge in [0.1, 0.15) is 11.6 Å². The normalized spacial score (nSPS) is 11.4. The minimum absolute atomic E-state index is 0.102. The van der Waals surface area contributed by atoms with Crippen molar-refractivity contribution in [1.82, 2.24) is 9.55 Å². The van der Waals surface area contributed by atoms with Crippen LogP contribution in [0.3, 0.4) is 0 Å². The molecule has 0 saturated carbocycles. The predicted octanol–water partition coefficient (Wildman–Crippen LogP) is 4.43. The molecule has 0 spiro atoms. The molecule has 0 unspecified atom stereocenters. The highest BCUT2D eigenvalue weighted by atomic mass is 35.5. The molecule has 0 radical (unpaired) electrons. The van der Waals surface area contributed by atoms with Crippen molar-refractivity contribution in [2.75, 3.05) is 19.6 Å². The van der Waals surface area contributed by atoms with Crippen LogP contribution < -0.4 is 0 Å². The van der Waals surface area contributed by atoms with Gasteiger partial charge in [-0.15, -0.1) is 11.6 Å². The van der Waals surface area contributed by atoms with Crippen LogP contribution in [0.4, 0.5) is 4.39 Å². The minimum atomic E-state index is -0.415. The van der Waals surface area contributed by atoms with E-state index in [2.05, 4.69) is 4.98 Å². The quantitative estimate of drug-likeness (QED) is 0.528. The van der Waals surface area contributed by atoms with Crippen LogP contribution in [0.5, 0.6) is 0 Å². The number of imidazole rings is 1. The Hall–Kier alpha value is -0.840. The van der Waals surface area contributed by atoms with Crippen molar-refractivity contribution in [3.05, 3.63) is 28.8 Å². The molecule has 21 heavy (non-hydrogen) atoms. The molecule has 3 nitrogen and oxygen atoms in total. The molecule has 1 aromatic heterocycles. The van der Waals surface area contributed by atoms with E-state index < -0.39 is 5.82 Å². The number of nitrogens with zero attached hydrogens (tertiary/aromatic N) is 2. The summed E-state index contributed by atoms with van der Waals surface area (Å²) in [6.07, 6.45) is 3.74. The van der Waals surface area contributed by atoms with Crippen molar-refractivity contribution in [1.29, 1.82) is 0 Å². The molecule has 1 heterocycles. The van der Waals surface area contributed by atoms with Crippen molar-refractivity contribution in [2.45, 2.75) is 32.2 Å². The zero-order chi connectivity index (χ0) is 15.2. The molecule has 0 N–H and O–H groups in total. The molecule has 0 saturated heterocycles. The number of aromatic nitrogens is 2. The Bertz CT molecular complexity index is 601. The highest BCUT2D eigenvalue weighted by Crippen LogP contribution is 2.24. The first-order chi connectivity index (χ1) is 10.2. The molecule has 0 atom stereocenters. The molecule has 0 aliphatic heterocycles. The van der Waals surface area contributed by atoms with Gasteiger partial charge in [0.25, 0.3) is 0 Å². The zero-order valence-corrected chi connectivity index (χ0v) is 13.6. The third-order valence-electron chi connectivity index (χ3n) is 3.42. The second kappa shape index (κ2) is 7.97. The summed E-state index contributed by atoms with van der Waals surface area (Å²) >= 11 is 11.7. The summed E-state index contributed by atoms with van der Waals surface area (Å²) in [7, 11) is 1.70. The maximum absolute atomic E-state index is 13.7. The standard InChI is InChI=1S/C15H19Cl2FN2O/c1-21-8-4-2-3-7-20-14-10-12(18)11(17)9-13(14)19-15(20)5-6-16/h9-10H,2-8H2,1H3. The summed E-state index contributed by atoms with van der Waals surface area (Å²) in [4.78, 5) is 4.52. The van der Waals surface area contributed by atoms with Crippen LogP contribution in [0.2, 0.25) is 5.02 Å². The van der Waals surface area contributed by atoms with Crippen LogP contribution in [-0.2, 0) is 17.7 Å². The predicted molar refractivity (Wildman–Crippen MR) is 84.9 cm³/mol. The molecule has 0 amide bonds. The fourth-order valence-electron chi connectivity index (χ4n) is 2.39. The van der Waals surface area contributed by atoms with E-state index in [1.165, 1.54) is 6.07 Å². The molecule has 0 fully saturated rings. The summed E-state index contributed by atoms with van der Waals surface area (Å²) in [5.74, 6) is 0.957. The number of fused-ring (bicyclic) bond motifs is 1. The lowest BCUT2D eigenvalue weighted by Gasteiger charge is -2.08. The average molecular weight is 333 g/mol. The second-order valence-electron chi connectivity index (χ2n) is 4.93. The molecule has 116 valence electrons. The van der Waals surface area contributed by atoms with Crippen molar-refractivity contribution in [3.63, 3.8) is 0 Å². The number of methoxy groups -OCH3 is 1. The number of halogens is 3. The second-order valence-corrected chi connectivity index (χ2v) is 5.71. The van der Waals surface area contributed by atoms with Gasteiger partial charge in [0.2, 0.25) is 0 Å². The molecule has 2 rings (SSSR count). The van der Waals surface area contributed by atoms with E-state index in [1.807, 2.05) is 4.57 Å². The lowest BCUT2D eigenvalue weighted by atomic mass is 10.2. The van der Waals surface area contributed by atoms with Gasteiger partial charge in [0, 0.05) is 38.6 Å². The van der Waals surface area contributed by atoms with Crippen molar-refractivity contribution >= 4 is 34.2 Å². The summed E-state index contributed by atoms with van der Waals surface area (Å²) < 4.78 is 20.8. The van der Waals surface area contributed by atoms with Gasteiger partial charge in [-0.1, -0.05) is 11.6 Å². The lowest BCUT2D eigenvalue weighted by Crippen LogP contribution is -2.05. The fraction of sp³-hybridized carbons (Fsp3) is 0.533. The van der Waals surface area contributed by atoms with E-state index in [1.54, 1.807) is 13.2 Å². The lowest BCUT2D eigenvalue weighted by molar-refractivity contribution is 0.191. The maximum atomic E-state index is 13.7. The van der Waals surface area contributed by atoms with Crippen LogP contribution in [0.25, 0.3) is 11.0 Å². The van der Waals surface area contributed by atoms with Gasteiger partial charge in [0.05, 0.1) is 16.1 Å². The number of benzene rings is 1. The number of aryl methyl sites for hydroxylation is 2. The molecular weight excluding hydrogens is 314 g/mol. The van der Waals surface area contributed by atoms with Crippen LogP contribution in [0.1, 0.15) is 25.1 Å². The third-order valence-corrected chi connectivity index (χ3v) is 3.90. The van der Waals surface area contributed by atoms with Crippen molar-refractivity contribution in [3.8, 4) is 0 Å². The maximum Gasteiger partial charge on any atom is 0.144 e. The van der Waals surface area contributed by atoms with E-state index in [4.69, 9.17) is 27.9 Å². The van der Waals surface area contributed by atoms with Gasteiger partial charge in [-0.2, -0.15) is 0 Å². The Balaban J connectivity index is 2.21. The molecule has 0 aliphatic rings. The summed E-state index contributed by atoms with van der Waals surface area (Å²) in [6, 6.07) is 3.03. The van der Waals surface area contributed by atoms with E-state index in [0.717, 1.165) is 49.3 Å². The SMILES string of the molecule is COCCCCCn1c(CCCl)nc2cc(Cl)c(F)cc21. The number of rotatable bonds is 8. The largest absolute Gasteiger partial charge is 0.385 e. The first-order valence-electron chi connectivity index (χ1n) is 7.06. The van der Waals surface area contributed by atoms with Gasteiger partial charge < -0.3 is 9.30 Å². The minimum Gasteiger partial charge on any atom is -0.385 e. The van der Waals surface area contributed by atoms with Gasteiger partial charge in [-0.05, 0) is 25.3 Å². The molecule has 6 heteroatoms. The third kappa shape index (κ3) is 4.09. The first kappa shape index (κ1) is 16.5. The summed E-state index contributed by atoms with van der Waals surface area (Å²) in [5.41, 5.74) is 1.50. The topological polar surface area (TPSA) is 27.1 Å². The Kier molecular flexibility index (Phi) is 6.27. The smallest absolute Gasteiger partial charge is 0.144 e. The number of unbranched alkanes of at least 4 members (excludes halogenated alkanes) is 2. The summed E-state index contributed by atoms with van der Waals surface area (Å²) in [6.45, 7) is 1.57. The molecule has 0 bridgehead atoms. The van der Waals surface area contributed by atoms with E-state index in [-0.39, 0.29) is 5.02 Å². The highest BCUT2D eigenvalue weighted by Gasteiger charge is 2.13. The number of ether oxygens (including phenoxy) is 1. The Morgan fingerprint density at radius 1 is 1.29 bits per heavy atom. The van der Waals surface area contributed by atoms with Crippen LogP contribution in [0, 0.1) is 5.82 Å². The molecule has 2 aromatic rings. The first-order valence-corrected chi connectivity index (χ1v) is 7.97. The Morgan fingerprint density at radius 2 is 2.10 bits per heavy atom. The van der Waals surface area contributed by atoms with E-state index >= 15 is 0 Å². The highest BCUT2D eigenvalue weighted by molar-refractivity contribution is 6.31. The van der Waals surface area contributed by atoms with E-state index in [9.17, 15) is 4.39 Å². The van der Waals surface area contributed by atoms with Gasteiger partial charge in [-0.25, -0.2) is 9.37 Å². The van der Waals surface area contributed by atoms with Crippen molar-refractivity contribution in [2.24, 2.45) is 0 Å². The Labute approximate surface area is 134 Å². The van der Waals surface area contributed by atoms with Crippen LogP contribution in [-0.4, -0.2) is 29.1 Å². The Morgan fingerprint density at radius 3 is 2.81 bits per heavy atom. The molecule has 1 aromatic carbocycles. The van der Waals surface area contributed by atoms with Gasteiger partial charge in [0.15, 0.2) is 0 Å². The molecular formula is C15H19Cl2FN2O. The molecule has 0 aliphatic carbocycles. The number of hydrogen-bond donors (Lipinski definition) is 0. The average Bonchev–Trinajstić information content (AvgIpc) is 2.77. The monoisotopic (exact) mass is 332 g/mol. The fourth-order valence-corrected chi connectivity index (χ4v) is 2.71. The number of hydrogen-bond acceptors (Lipinski definition) is 2. The van der Waals surface area contributed by atoms with E-state index in [0.29, 0.717) is 12.3 Å². The zero-order valence-electron chi connectivity index (χ0n) is 12.0. The van der Waals surface area contributed by atoms with Gasteiger partial charge >= 0.3 is 0 Å². The van der Waals surface area contributed by atoms with Crippen molar-refractivity contribution < 1.29 is 9.13 Å². The van der Waals surface area contributed by atoms with Crippen LogP contribution in [0.15, 0.2) is 12.1 Å². The summed E-state index contributed by atoms with van der Waals surface area (Å²) in [5, 5.41) is 0.102. The number of alkyl halides is 1. The van der Waals surface area contributed by atoms with Gasteiger partial charge in [-0.3, -0.25) is 0 Å². The van der Waals surface area contributed by atoms with Crippen LogP contribution >= 0.6 is 23.2 Å².